The molecular formula is C16H27NO3. The molecule has 0 aliphatic carbocycles. The van der Waals surface area contributed by atoms with Crippen molar-refractivity contribution in [3.05, 3.63) is 29.8 Å². The van der Waals surface area contributed by atoms with Crippen LogP contribution in [0.3, 0.4) is 0 Å². The Hall–Kier alpha value is -1.10. The number of nitrogens with zero attached hydrogens (tertiary/aromatic N) is 1. The van der Waals surface area contributed by atoms with E-state index >= 15 is 0 Å². The Morgan fingerprint density at radius 3 is 2.25 bits per heavy atom. The first kappa shape index (κ1) is 17.0. The number of rotatable bonds is 8. The highest BCUT2D eigenvalue weighted by molar-refractivity contribution is 5.28. The second-order valence-corrected chi connectivity index (χ2v) is 5.50. The summed E-state index contributed by atoms with van der Waals surface area (Å²) in [6.07, 6.45) is -0.348. The van der Waals surface area contributed by atoms with E-state index in [9.17, 15) is 5.11 Å². The topological polar surface area (TPSA) is 41.9 Å². The Morgan fingerprint density at radius 1 is 1.15 bits per heavy atom. The van der Waals surface area contributed by atoms with Gasteiger partial charge in [-0.2, -0.15) is 0 Å². The maximum absolute atomic E-state index is 10.3. The number of benzene rings is 1. The van der Waals surface area contributed by atoms with E-state index in [0.717, 1.165) is 11.3 Å². The lowest BCUT2D eigenvalue weighted by Crippen LogP contribution is -2.35. The Labute approximate surface area is 122 Å². The zero-order chi connectivity index (χ0) is 15.1. The molecule has 2 unspecified atom stereocenters. The normalized spacial score (nSPS) is 14.6. The van der Waals surface area contributed by atoms with Crippen LogP contribution in [0, 0.1) is 0 Å². The molecule has 1 rings (SSSR count). The molecule has 1 aromatic carbocycles. The van der Waals surface area contributed by atoms with Gasteiger partial charge in [0.1, 0.15) is 5.75 Å². The number of aliphatic hydroxyl groups is 1. The van der Waals surface area contributed by atoms with Crippen LogP contribution in [-0.2, 0) is 4.74 Å². The molecule has 1 N–H and O–H groups in total. The van der Waals surface area contributed by atoms with Crippen molar-refractivity contribution < 1.29 is 14.6 Å². The highest BCUT2D eigenvalue weighted by Gasteiger charge is 2.15. The molecule has 114 valence electrons. The van der Waals surface area contributed by atoms with Gasteiger partial charge in [0.15, 0.2) is 0 Å². The van der Waals surface area contributed by atoms with Crippen LogP contribution in [-0.4, -0.2) is 49.5 Å². The first-order chi connectivity index (χ1) is 9.43. The van der Waals surface area contributed by atoms with E-state index in [1.54, 1.807) is 7.11 Å². The van der Waals surface area contributed by atoms with Gasteiger partial charge in [-0.15, -0.1) is 0 Å². The van der Waals surface area contributed by atoms with Crippen molar-refractivity contribution >= 4 is 0 Å². The van der Waals surface area contributed by atoms with Gasteiger partial charge in [0.25, 0.3) is 0 Å². The Bertz CT molecular complexity index is 378. The van der Waals surface area contributed by atoms with Gasteiger partial charge >= 0.3 is 0 Å². The molecule has 4 heteroatoms. The molecule has 0 heterocycles. The summed E-state index contributed by atoms with van der Waals surface area (Å²) in [6.45, 7) is 7.30. The van der Waals surface area contributed by atoms with Crippen molar-refractivity contribution in [2.24, 2.45) is 0 Å². The lowest BCUT2D eigenvalue weighted by atomic mass is 10.1. The molecule has 4 nitrogen and oxygen atoms in total. The molecule has 0 aliphatic heterocycles. The zero-order valence-electron chi connectivity index (χ0n) is 13.2. The molecule has 0 radical (unpaired) electrons. The Kier molecular flexibility index (Phi) is 6.99. The summed E-state index contributed by atoms with van der Waals surface area (Å²) >= 11 is 0. The third kappa shape index (κ3) is 5.49. The van der Waals surface area contributed by atoms with E-state index in [4.69, 9.17) is 9.47 Å². The molecule has 0 amide bonds. The number of hydrogen-bond donors (Lipinski definition) is 1. The highest BCUT2D eigenvalue weighted by Crippen LogP contribution is 2.19. The van der Waals surface area contributed by atoms with Gasteiger partial charge in [-0.25, -0.2) is 0 Å². The van der Waals surface area contributed by atoms with E-state index in [-0.39, 0.29) is 12.1 Å². The van der Waals surface area contributed by atoms with Crippen molar-refractivity contribution in [1.82, 2.24) is 4.90 Å². The minimum Gasteiger partial charge on any atom is -0.491 e. The van der Waals surface area contributed by atoms with Crippen LogP contribution in [0.5, 0.6) is 5.75 Å². The van der Waals surface area contributed by atoms with Crippen LogP contribution in [0.15, 0.2) is 24.3 Å². The number of hydrogen-bond acceptors (Lipinski definition) is 4. The average molecular weight is 281 g/mol. The maximum atomic E-state index is 10.3. The summed E-state index contributed by atoms with van der Waals surface area (Å²) in [7, 11) is 3.68. The van der Waals surface area contributed by atoms with Gasteiger partial charge in [-0.3, -0.25) is 4.90 Å². The summed E-state index contributed by atoms with van der Waals surface area (Å²) in [6, 6.07) is 7.90. The van der Waals surface area contributed by atoms with Crippen molar-refractivity contribution in [3.63, 3.8) is 0 Å². The molecule has 20 heavy (non-hydrogen) atoms. The SMILES string of the molecule is COCC(C)N(C)CC(O)c1ccc(OC(C)C)cc1. The largest absolute Gasteiger partial charge is 0.491 e. The van der Waals surface area contributed by atoms with Gasteiger partial charge < -0.3 is 14.6 Å². The minimum atomic E-state index is -0.507. The monoisotopic (exact) mass is 281 g/mol. The molecular weight excluding hydrogens is 254 g/mol. The standard InChI is InChI=1S/C16H27NO3/c1-12(2)20-15-8-6-14(7-9-15)16(18)10-17(4)13(3)11-19-5/h6-9,12-13,16,18H,10-11H2,1-5H3. The Morgan fingerprint density at radius 2 is 1.75 bits per heavy atom. The number of likely N-dealkylation sites (N-methyl/N-ethyl adjacent to an activating group) is 1. The first-order valence-corrected chi connectivity index (χ1v) is 7.08. The van der Waals surface area contributed by atoms with E-state index in [1.807, 2.05) is 45.2 Å². The quantitative estimate of drug-likeness (QED) is 0.795. The molecule has 0 saturated carbocycles. The molecule has 1 aromatic rings. The average Bonchev–Trinajstić information content (AvgIpc) is 2.39. The molecule has 0 fully saturated rings. The molecule has 0 aromatic heterocycles. The van der Waals surface area contributed by atoms with E-state index in [2.05, 4.69) is 11.8 Å². The van der Waals surface area contributed by atoms with Crippen molar-refractivity contribution in [2.45, 2.75) is 39.0 Å². The van der Waals surface area contributed by atoms with Crippen LogP contribution in [0.1, 0.15) is 32.4 Å². The summed E-state index contributed by atoms with van der Waals surface area (Å²) in [4.78, 5) is 2.09. The summed E-state index contributed by atoms with van der Waals surface area (Å²) in [5, 5.41) is 10.3. The lowest BCUT2D eigenvalue weighted by Gasteiger charge is -2.26. The predicted molar refractivity (Wildman–Crippen MR) is 81.1 cm³/mol. The summed E-state index contributed by atoms with van der Waals surface area (Å²) < 4.78 is 10.7. The summed E-state index contributed by atoms with van der Waals surface area (Å²) in [5.74, 6) is 0.831. The van der Waals surface area contributed by atoms with E-state index < -0.39 is 6.10 Å². The lowest BCUT2D eigenvalue weighted by molar-refractivity contribution is 0.0709. The fourth-order valence-corrected chi connectivity index (χ4v) is 1.97. The van der Waals surface area contributed by atoms with Gasteiger partial charge in [0, 0.05) is 19.7 Å². The second-order valence-electron chi connectivity index (χ2n) is 5.50. The smallest absolute Gasteiger partial charge is 0.119 e. The molecule has 2 atom stereocenters. The van der Waals surface area contributed by atoms with Gasteiger partial charge in [-0.05, 0) is 45.5 Å². The third-order valence-corrected chi connectivity index (χ3v) is 3.26. The minimum absolute atomic E-state index is 0.159. The fraction of sp³-hybridized carbons (Fsp3) is 0.625. The van der Waals surface area contributed by atoms with Crippen LogP contribution >= 0.6 is 0 Å². The zero-order valence-corrected chi connectivity index (χ0v) is 13.2. The van der Waals surface area contributed by atoms with Crippen molar-refractivity contribution in [2.75, 3.05) is 27.3 Å². The summed E-state index contributed by atoms with van der Waals surface area (Å²) in [5.41, 5.74) is 0.901. The highest BCUT2D eigenvalue weighted by atomic mass is 16.5. The van der Waals surface area contributed by atoms with Crippen molar-refractivity contribution in [3.8, 4) is 5.75 Å². The first-order valence-electron chi connectivity index (χ1n) is 7.08. The van der Waals surface area contributed by atoms with Crippen LogP contribution < -0.4 is 4.74 Å². The Balaban J connectivity index is 2.56. The second kappa shape index (κ2) is 8.25. The van der Waals surface area contributed by atoms with Gasteiger partial charge in [0.2, 0.25) is 0 Å². The number of aliphatic hydroxyl groups excluding tert-OH is 1. The van der Waals surface area contributed by atoms with Gasteiger partial charge in [-0.1, -0.05) is 12.1 Å². The predicted octanol–water partition coefficient (Wildman–Crippen LogP) is 2.47. The number of methoxy groups -OCH3 is 1. The van der Waals surface area contributed by atoms with Gasteiger partial charge in [0.05, 0.1) is 18.8 Å². The molecule has 0 spiro atoms. The molecule has 0 aliphatic rings. The van der Waals surface area contributed by atoms with Crippen LogP contribution in [0.4, 0.5) is 0 Å². The number of ether oxygens (including phenoxy) is 2. The molecule has 0 saturated heterocycles. The van der Waals surface area contributed by atoms with E-state index in [0.29, 0.717) is 13.2 Å². The van der Waals surface area contributed by atoms with Crippen LogP contribution in [0.2, 0.25) is 0 Å². The maximum Gasteiger partial charge on any atom is 0.119 e. The molecule has 0 bridgehead atoms. The van der Waals surface area contributed by atoms with Crippen LogP contribution in [0.25, 0.3) is 0 Å². The third-order valence-electron chi connectivity index (χ3n) is 3.26. The van der Waals surface area contributed by atoms with E-state index in [1.165, 1.54) is 0 Å². The van der Waals surface area contributed by atoms with Crippen molar-refractivity contribution in [1.29, 1.82) is 0 Å². The fourth-order valence-electron chi connectivity index (χ4n) is 1.97.